The van der Waals surface area contributed by atoms with Gasteiger partial charge in [0.25, 0.3) is 0 Å². The second-order valence-electron chi connectivity index (χ2n) is 10.2. The molecule has 0 spiro atoms. The Kier molecular flexibility index (Phi) is 6.49. The van der Waals surface area contributed by atoms with E-state index in [0.717, 1.165) is 0 Å². The third kappa shape index (κ3) is 4.18. The second kappa shape index (κ2) is 9.38. The van der Waals surface area contributed by atoms with E-state index in [4.69, 9.17) is 19.9 Å². The Morgan fingerprint density at radius 3 is 2.51 bits per heavy atom. The third-order valence-corrected chi connectivity index (χ3v) is 7.56. The van der Waals surface area contributed by atoms with E-state index in [-0.39, 0.29) is 77.1 Å². The highest BCUT2D eigenvalue weighted by atomic mass is 16.7. The van der Waals surface area contributed by atoms with Crippen molar-refractivity contribution in [1.29, 1.82) is 0 Å². The lowest BCUT2D eigenvalue weighted by molar-refractivity contribution is -0.226. The first-order valence-corrected chi connectivity index (χ1v) is 12.3. The summed E-state index contributed by atoms with van der Waals surface area (Å²) < 4.78 is 17.4. The number of phenols is 2. The molecule has 0 radical (unpaired) electrons. The SMILES string of the molecule is COc1cccc2c1C(=O)c1c(O)c3c(c(O)c1C2=O)C[C@@](O)(CCO)C[C@@H]3OC1CC(N)CC(C)O1. The maximum absolute atomic E-state index is 13.6. The molecule has 10 nitrogen and oxygen atoms in total. The van der Waals surface area contributed by atoms with E-state index in [1.807, 2.05) is 6.92 Å². The molecule has 5 rings (SSSR count). The number of ketones is 2. The van der Waals surface area contributed by atoms with E-state index >= 15 is 0 Å². The summed E-state index contributed by atoms with van der Waals surface area (Å²) in [7, 11) is 1.37. The van der Waals surface area contributed by atoms with Crippen LogP contribution in [0.2, 0.25) is 0 Å². The van der Waals surface area contributed by atoms with Gasteiger partial charge in [0, 0.05) is 48.6 Å². The summed E-state index contributed by atoms with van der Waals surface area (Å²) in [6, 6.07) is 4.37. The van der Waals surface area contributed by atoms with Crippen molar-refractivity contribution >= 4 is 11.6 Å². The molecule has 1 saturated heterocycles. The molecule has 2 aromatic carbocycles. The van der Waals surface area contributed by atoms with Gasteiger partial charge < -0.3 is 40.4 Å². The number of fused-ring (bicyclic) bond motifs is 3. The van der Waals surface area contributed by atoms with Crippen LogP contribution in [0.15, 0.2) is 18.2 Å². The van der Waals surface area contributed by atoms with Gasteiger partial charge in [-0.15, -0.1) is 0 Å². The Labute approximate surface area is 213 Å². The first-order valence-electron chi connectivity index (χ1n) is 12.3. The zero-order valence-electron chi connectivity index (χ0n) is 20.7. The van der Waals surface area contributed by atoms with Crippen LogP contribution in [-0.4, -0.2) is 69.7 Å². The van der Waals surface area contributed by atoms with Gasteiger partial charge in [-0.3, -0.25) is 9.59 Å². The number of carbonyl (C=O) groups excluding carboxylic acids is 2. The van der Waals surface area contributed by atoms with Crippen LogP contribution in [0.4, 0.5) is 0 Å². The van der Waals surface area contributed by atoms with Gasteiger partial charge in [0.1, 0.15) is 17.2 Å². The summed E-state index contributed by atoms with van der Waals surface area (Å²) in [5.41, 5.74) is 4.20. The molecule has 2 aliphatic carbocycles. The van der Waals surface area contributed by atoms with Crippen molar-refractivity contribution in [3.63, 3.8) is 0 Å². The summed E-state index contributed by atoms with van der Waals surface area (Å²) in [6.07, 6.45) is -1.17. The van der Waals surface area contributed by atoms with Crippen molar-refractivity contribution in [2.24, 2.45) is 5.73 Å². The molecule has 2 aromatic rings. The normalized spacial score (nSPS) is 28.9. The molecule has 37 heavy (non-hydrogen) atoms. The van der Waals surface area contributed by atoms with Crippen molar-refractivity contribution in [2.45, 2.75) is 69.2 Å². The third-order valence-electron chi connectivity index (χ3n) is 7.56. The van der Waals surface area contributed by atoms with Crippen molar-refractivity contribution in [3.8, 4) is 17.2 Å². The molecule has 1 aliphatic heterocycles. The monoisotopic (exact) mass is 513 g/mol. The highest BCUT2D eigenvalue weighted by molar-refractivity contribution is 6.31. The number of aliphatic hydroxyl groups is 2. The number of aromatic hydroxyl groups is 2. The number of phenolic OH excluding ortho intramolecular Hbond substituents is 2. The van der Waals surface area contributed by atoms with E-state index in [0.29, 0.717) is 12.8 Å². The summed E-state index contributed by atoms with van der Waals surface area (Å²) in [6.45, 7) is 1.53. The molecule has 0 bridgehead atoms. The van der Waals surface area contributed by atoms with Gasteiger partial charge in [0.2, 0.25) is 5.78 Å². The predicted octanol–water partition coefficient (Wildman–Crippen LogP) is 1.85. The fourth-order valence-electron chi connectivity index (χ4n) is 5.92. The van der Waals surface area contributed by atoms with Crippen LogP contribution in [0, 0.1) is 0 Å². The Bertz CT molecular complexity index is 1270. The number of methoxy groups -OCH3 is 1. The van der Waals surface area contributed by atoms with Crippen molar-refractivity contribution < 1.29 is 44.2 Å². The topological polar surface area (TPSA) is 169 Å². The minimum atomic E-state index is -1.50. The number of hydrogen-bond donors (Lipinski definition) is 5. The summed E-state index contributed by atoms with van der Waals surface area (Å²) >= 11 is 0. The smallest absolute Gasteiger partial charge is 0.202 e. The van der Waals surface area contributed by atoms with Crippen LogP contribution in [-0.2, 0) is 15.9 Å². The highest BCUT2D eigenvalue weighted by Gasteiger charge is 2.47. The fourth-order valence-corrected chi connectivity index (χ4v) is 5.92. The summed E-state index contributed by atoms with van der Waals surface area (Å²) in [5, 5.41) is 43.8. The van der Waals surface area contributed by atoms with Gasteiger partial charge in [-0.1, -0.05) is 12.1 Å². The van der Waals surface area contributed by atoms with E-state index in [9.17, 15) is 30.0 Å². The molecule has 1 fully saturated rings. The molecule has 3 unspecified atom stereocenters. The average Bonchev–Trinajstić information content (AvgIpc) is 2.83. The maximum atomic E-state index is 13.6. The molecular formula is C27H31NO9. The Balaban J connectivity index is 1.68. The molecule has 3 aliphatic rings. The molecule has 5 atom stereocenters. The first-order chi connectivity index (χ1) is 17.6. The number of nitrogens with two attached hydrogens (primary N) is 1. The molecule has 198 valence electrons. The number of hydrogen-bond acceptors (Lipinski definition) is 10. The van der Waals surface area contributed by atoms with Gasteiger partial charge in [-0.25, -0.2) is 0 Å². The van der Waals surface area contributed by atoms with E-state index < -0.39 is 41.1 Å². The molecule has 10 heteroatoms. The Morgan fingerprint density at radius 1 is 1.11 bits per heavy atom. The number of aliphatic hydroxyl groups excluding tert-OH is 1. The van der Waals surface area contributed by atoms with Crippen molar-refractivity contribution in [1.82, 2.24) is 0 Å². The number of rotatable bonds is 5. The van der Waals surface area contributed by atoms with E-state index in [2.05, 4.69) is 0 Å². The zero-order chi connectivity index (χ0) is 26.6. The lowest BCUT2D eigenvalue weighted by atomic mass is 9.72. The van der Waals surface area contributed by atoms with Crippen LogP contribution in [0.5, 0.6) is 17.2 Å². The summed E-state index contributed by atoms with van der Waals surface area (Å²) in [5.74, 6) is -2.15. The Morgan fingerprint density at radius 2 is 1.84 bits per heavy atom. The van der Waals surface area contributed by atoms with Crippen LogP contribution < -0.4 is 10.5 Å². The second-order valence-corrected chi connectivity index (χ2v) is 10.2. The summed E-state index contributed by atoms with van der Waals surface area (Å²) in [4.78, 5) is 27.1. The van der Waals surface area contributed by atoms with Crippen LogP contribution in [0.1, 0.15) is 81.7 Å². The Hall–Kier alpha value is -3.02. The molecular weight excluding hydrogens is 482 g/mol. The largest absolute Gasteiger partial charge is 0.507 e. The van der Waals surface area contributed by atoms with Crippen LogP contribution in [0.25, 0.3) is 0 Å². The number of ether oxygens (including phenoxy) is 3. The standard InChI is InChI=1S/C27H31NO9/c1-12-8-13(28)9-18(36-12)37-17-11-27(34,6-7-29)10-15-20(17)26(33)22-21(24(15)31)23(30)14-4-3-5-16(35-2)19(14)25(22)32/h3-5,12-13,17-18,29,31,33-34H,6-11,28H2,1-2H3/t12?,13?,17-,18?,27-/m0/s1. The first kappa shape index (κ1) is 25.6. The molecule has 6 N–H and O–H groups in total. The van der Waals surface area contributed by atoms with Gasteiger partial charge >= 0.3 is 0 Å². The molecule has 0 amide bonds. The quantitative estimate of drug-likeness (QED) is 0.317. The predicted molar refractivity (Wildman–Crippen MR) is 130 cm³/mol. The number of benzene rings is 2. The molecule has 1 heterocycles. The van der Waals surface area contributed by atoms with Crippen molar-refractivity contribution in [3.05, 3.63) is 51.6 Å². The van der Waals surface area contributed by atoms with Gasteiger partial charge in [-0.05, 0) is 25.8 Å². The van der Waals surface area contributed by atoms with Gasteiger partial charge in [-0.2, -0.15) is 0 Å². The lowest BCUT2D eigenvalue weighted by Crippen LogP contribution is -2.44. The maximum Gasteiger partial charge on any atom is 0.202 e. The molecule has 0 saturated carbocycles. The van der Waals surface area contributed by atoms with E-state index in [1.165, 1.54) is 19.2 Å². The van der Waals surface area contributed by atoms with Gasteiger partial charge in [0.05, 0.1) is 41.6 Å². The average molecular weight is 514 g/mol. The highest BCUT2D eigenvalue weighted by Crippen LogP contribution is 2.52. The fraction of sp³-hybridized carbons (Fsp3) is 0.481. The van der Waals surface area contributed by atoms with Crippen LogP contribution in [0.3, 0.4) is 0 Å². The molecule has 0 aromatic heterocycles. The van der Waals surface area contributed by atoms with Crippen LogP contribution >= 0.6 is 0 Å². The van der Waals surface area contributed by atoms with Crippen molar-refractivity contribution in [2.75, 3.05) is 13.7 Å². The minimum Gasteiger partial charge on any atom is -0.507 e. The van der Waals surface area contributed by atoms with E-state index in [1.54, 1.807) is 6.07 Å². The number of carbonyl (C=O) groups is 2. The van der Waals surface area contributed by atoms with Gasteiger partial charge in [0.15, 0.2) is 12.1 Å². The zero-order valence-corrected chi connectivity index (χ0v) is 20.7. The minimum absolute atomic E-state index is 0.00220. The lowest BCUT2D eigenvalue weighted by Gasteiger charge is -2.42.